The Morgan fingerprint density at radius 2 is 2.04 bits per heavy atom. The summed E-state index contributed by atoms with van der Waals surface area (Å²) in [5.41, 5.74) is 1.71. The third-order valence-corrected chi connectivity index (χ3v) is 4.62. The van der Waals surface area contributed by atoms with E-state index in [1.54, 1.807) is 19.0 Å². The van der Waals surface area contributed by atoms with E-state index in [2.05, 4.69) is 33.5 Å². The third-order valence-electron chi connectivity index (χ3n) is 4.62. The number of hydrogen-bond donors (Lipinski definition) is 0. The standard InChI is InChI=1S/C19H26N4O2/c1-15-18-20-17(19(24)21(2)3)13-23(18)10-9-22(15)11-12-25-14-16-7-5-4-6-8-16/h4-8,13,15H,9-12,14H2,1-3H3. The summed E-state index contributed by atoms with van der Waals surface area (Å²) < 4.78 is 7.90. The van der Waals surface area contributed by atoms with E-state index in [0.717, 1.165) is 25.5 Å². The van der Waals surface area contributed by atoms with Gasteiger partial charge in [0.2, 0.25) is 0 Å². The van der Waals surface area contributed by atoms with Crippen LogP contribution in [0, 0.1) is 0 Å². The molecule has 1 aliphatic rings. The quantitative estimate of drug-likeness (QED) is 0.755. The maximum Gasteiger partial charge on any atom is 0.273 e. The first-order valence-corrected chi connectivity index (χ1v) is 8.70. The number of hydrogen-bond acceptors (Lipinski definition) is 4. The van der Waals surface area contributed by atoms with Gasteiger partial charge in [-0.3, -0.25) is 9.69 Å². The molecule has 0 aliphatic carbocycles. The molecule has 1 aromatic heterocycles. The number of aromatic nitrogens is 2. The zero-order valence-corrected chi connectivity index (χ0v) is 15.2. The van der Waals surface area contributed by atoms with Crippen molar-refractivity contribution in [3.63, 3.8) is 0 Å². The summed E-state index contributed by atoms with van der Waals surface area (Å²) in [5, 5.41) is 0. The molecule has 0 spiro atoms. The van der Waals surface area contributed by atoms with Crippen LogP contribution in [0.2, 0.25) is 0 Å². The first kappa shape index (κ1) is 17.6. The number of carbonyl (C=O) groups excluding carboxylic acids is 1. The minimum absolute atomic E-state index is 0.0492. The van der Waals surface area contributed by atoms with Gasteiger partial charge < -0.3 is 14.2 Å². The molecular weight excluding hydrogens is 316 g/mol. The molecule has 6 nitrogen and oxygen atoms in total. The summed E-state index contributed by atoms with van der Waals surface area (Å²) in [6.45, 7) is 6.11. The van der Waals surface area contributed by atoms with Gasteiger partial charge in [-0.05, 0) is 12.5 Å². The number of rotatable bonds is 6. The first-order valence-electron chi connectivity index (χ1n) is 8.70. The van der Waals surface area contributed by atoms with Crippen molar-refractivity contribution in [2.24, 2.45) is 0 Å². The average molecular weight is 342 g/mol. The maximum atomic E-state index is 12.1. The second-order valence-corrected chi connectivity index (χ2v) is 6.63. The molecule has 2 heterocycles. The lowest BCUT2D eigenvalue weighted by molar-refractivity contribution is 0.0690. The lowest BCUT2D eigenvalue weighted by Crippen LogP contribution is -2.38. The van der Waals surface area contributed by atoms with E-state index in [9.17, 15) is 4.79 Å². The zero-order chi connectivity index (χ0) is 17.8. The van der Waals surface area contributed by atoms with Gasteiger partial charge in [-0.25, -0.2) is 4.98 Å². The first-order chi connectivity index (χ1) is 12.1. The van der Waals surface area contributed by atoms with Crippen LogP contribution in [0.1, 0.15) is 34.8 Å². The molecule has 0 N–H and O–H groups in total. The summed E-state index contributed by atoms with van der Waals surface area (Å²) in [7, 11) is 3.50. The molecule has 0 saturated carbocycles. The molecule has 1 unspecified atom stereocenters. The highest BCUT2D eigenvalue weighted by atomic mass is 16.5. The molecule has 3 rings (SSSR count). The monoisotopic (exact) mass is 342 g/mol. The van der Waals surface area contributed by atoms with Crippen molar-refractivity contribution in [3.8, 4) is 0 Å². The topological polar surface area (TPSA) is 50.6 Å². The fourth-order valence-corrected chi connectivity index (χ4v) is 3.12. The Kier molecular flexibility index (Phi) is 5.50. The Hall–Kier alpha value is -2.18. The zero-order valence-electron chi connectivity index (χ0n) is 15.2. The van der Waals surface area contributed by atoms with Crippen molar-refractivity contribution < 1.29 is 9.53 Å². The van der Waals surface area contributed by atoms with E-state index in [-0.39, 0.29) is 11.9 Å². The Morgan fingerprint density at radius 1 is 1.28 bits per heavy atom. The third kappa shape index (κ3) is 4.08. The van der Waals surface area contributed by atoms with E-state index in [0.29, 0.717) is 18.9 Å². The van der Waals surface area contributed by atoms with Gasteiger partial charge in [0, 0.05) is 39.9 Å². The number of imidazole rings is 1. The van der Waals surface area contributed by atoms with Crippen LogP contribution in [0.5, 0.6) is 0 Å². The minimum atomic E-state index is -0.0492. The largest absolute Gasteiger partial charge is 0.375 e. The van der Waals surface area contributed by atoms with Gasteiger partial charge in [0.25, 0.3) is 5.91 Å². The van der Waals surface area contributed by atoms with Crippen molar-refractivity contribution in [2.75, 3.05) is 33.8 Å². The number of fused-ring (bicyclic) bond motifs is 1. The molecule has 1 atom stereocenters. The lowest BCUT2D eigenvalue weighted by atomic mass is 10.2. The van der Waals surface area contributed by atoms with Crippen LogP contribution in [0.15, 0.2) is 36.5 Å². The predicted octanol–water partition coefficient (Wildman–Crippen LogP) is 2.18. The van der Waals surface area contributed by atoms with E-state index < -0.39 is 0 Å². The minimum Gasteiger partial charge on any atom is -0.375 e. The molecule has 134 valence electrons. The Morgan fingerprint density at radius 3 is 2.76 bits per heavy atom. The van der Waals surface area contributed by atoms with Gasteiger partial charge in [-0.2, -0.15) is 0 Å². The summed E-state index contributed by atoms with van der Waals surface area (Å²) in [6.07, 6.45) is 1.87. The van der Waals surface area contributed by atoms with Crippen LogP contribution in [-0.2, 0) is 17.9 Å². The summed E-state index contributed by atoms with van der Waals surface area (Å²) in [5.74, 6) is 0.909. The SMILES string of the molecule is CC1c2nc(C(=O)N(C)C)cn2CCN1CCOCc1ccccc1. The molecule has 1 aliphatic heterocycles. The highest BCUT2D eigenvalue weighted by Crippen LogP contribution is 2.24. The molecule has 0 radical (unpaired) electrons. The summed E-state index contributed by atoms with van der Waals surface area (Å²) in [4.78, 5) is 20.6. The van der Waals surface area contributed by atoms with Gasteiger partial charge >= 0.3 is 0 Å². The van der Waals surface area contributed by atoms with E-state index in [4.69, 9.17) is 4.74 Å². The number of nitrogens with zero attached hydrogens (tertiary/aromatic N) is 4. The summed E-state index contributed by atoms with van der Waals surface area (Å²) >= 11 is 0. The fourth-order valence-electron chi connectivity index (χ4n) is 3.12. The molecule has 25 heavy (non-hydrogen) atoms. The smallest absolute Gasteiger partial charge is 0.273 e. The number of ether oxygens (including phenoxy) is 1. The molecule has 0 fully saturated rings. The van der Waals surface area contributed by atoms with Gasteiger partial charge in [0.1, 0.15) is 11.5 Å². The van der Waals surface area contributed by atoms with Crippen LogP contribution < -0.4 is 0 Å². The molecule has 2 aromatic rings. The van der Waals surface area contributed by atoms with Crippen molar-refractivity contribution in [1.29, 1.82) is 0 Å². The van der Waals surface area contributed by atoms with E-state index in [1.807, 2.05) is 24.4 Å². The second kappa shape index (κ2) is 7.80. The van der Waals surface area contributed by atoms with Crippen molar-refractivity contribution in [2.45, 2.75) is 26.1 Å². The van der Waals surface area contributed by atoms with E-state index in [1.165, 1.54) is 5.56 Å². The Balaban J connectivity index is 1.54. The number of benzene rings is 1. The van der Waals surface area contributed by atoms with Crippen molar-refractivity contribution in [1.82, 2.24) is 19.4 Å². The normalized spacial score (nSPS) is 17.3. The molecular formula is C19H26N4O2. The highest BCUT2D eigenvalue weighted by Gasteiger charge is 2.27. The predicted molar refractivity (Wildman–Crippen MR) is 96.3 cm³/mol. The van der Waals surface area contributed by atoms with Crippen molar-refractivity contribution >= 4 is 5.91 Å². The summed E-state index contributed by atoms with van der Waals surface area (Å²) in [6, 6.07) is 10.4. The Labute approximate surface area is 149 Å². The maximum absolute atomic E-state index is 12.1. The molecule has 0 bridgehead atoms. The van der Waals surface area contributed by atoms with Gasteiger partial charge in [0.05, 0.1) is 19.3 Å². The van der Waals surface area contributed by atoms with Gasteiger partial charge in [0.15, 0.2) is 0 Å². The highest BCUT2D eigenvalue weighted by molar-refractivity contribution is 5.91. The lowest BCUT2D eigenvalue weighted by Gasteiger charge is -2.33. The second-order valence-electron chi connectivity index (χ2n) is 6.63. The van der Waals surface area contributed by atoms with Crippen molar-refractivity contribution in [3.05, 3.63) is 53.6 Å². The number of amides is 1. The molecule has 0 saturated heterocycles. The van der Waals surface area contributed by atoms with Crippen LogP contribution >= 0.6 is 0 Å². The van der Waals surface area contributed by atoms with E-state index >= 15 is 0 Å². The molecule has 1 amide bonds. The van der Waals surface area contributed by atoms with Gasteiger partial charge in [-0.15, -0.1) is 0 Å². The molecule has 6 heteroatoms. The van der Waals surface area contributed by atoms with Crippen LogP contribution in [0.25, 0.3) is 0 Å². The van der Waals surface area contributed by atoms with Crippen LogP contribution in [-0.4, -0.2) is 59.0 Å². The molecule has 1 aromatic carbocycles. The van der Waals surface area contributed by atoms with Crippen LogP contribution in [0.4, 0.5) is 0 Å². The Bertz CT molecular complexity index is 711. The van der Waals surface area contributed by atoms with Gasteiger partial charge in [-0.1, -0.05) is 30.3 Å². The average Bonchev–Trinajstić information content (AvgIpc) is 3.05. The number of carbonyl (C=O) groups is 1. The van der Waals surface area contributed by atoms with Crippen LogP contribution in [0.3, 0.4) is 0 Å². The fraction of sp³-hybridized carbons (Fsp3) is 0.474.